The molecule has 0 aromatic heterocycles. The van der Waals surface area contributed by atoms with Crippen molar-refractivity contribution in [2.24, 2.45) is 0 Å². The molecule has 116 valence electrons. The van der Waals surface area contributed by atoms with Crippen LogP contribution in [0.3, 0.4) is 0 Å². The molecule has 22 heavy (non-hydrogen) atoms. The second kappa shape index (κ2) is 6.39. The van der Waals surface area contributed by atoms with E-state index in [4.69, 9.17) is 11.6 Å². The van der Waals surface area contributed by atoms with Crippen molar-refractivity contribution in [3.8, 4) is 0 Å². The van der Waals surface area contributed by atoms with E-state index in [-0.39, 0.29) is 5.56 Å². The van der Waals surface area contributed by atoms with Gasteiger partial charge in [0.2, 0.25) is 0 Å². The fraction of sp³-hybridized carbons (Fsp3) is 0. The summed E-state index contributed by atoms with van der Waals surface area (Å²) < 4.78 is 49.6. The molecule has 0 heterocycles. The van der Waals surface area contributed by atoms with Gasteiger partial charge < -0.3 is 0 Å². The third-order valence-electron chi connectivity index (χ3n) is 2.59. The minimum absolute atomic E-state index is 0.125. The van der Waals surface area contributed by atoms with Crippen molar-refractivity contribution in [3.63, 3.8) is 0 Å². The first-order valence-corrected chi connectivity index (χ1v) is 7.68. The molecule has 0 bridgehead atoms. The monoisotopic (exact) mass is 346 g/mol. The number of hydrogen-bond acceptors (Lipinski definition) is 3. The van der Waals surface area contributed by atoms with E-state index >= 15 is 0 Å². The molecule has 0 unspecified atom stereocenters. The molecule has 0 aliphatic heterocycles. The van der Waals surface area contributed by atoms with E-state index in [0.29, 0.717) is 17.2 Å². The molecular formula is C13H9ClF2N2O3S. The van der Waals surface area contributed by atoms with Crippen molar-refractivity contribution in [1.29, 1.82) is 0 Å². The zero-order valence-electron chi connectivity index (χ0n) is 10.8. The third kappa shape index (κ3) is 3.79. The molecular weight excluding hydrogens is 338 g/mol. The van der Waals surface area contributed by atoms with E-state index in [9.17, 15) is 22.0 Å². The van der Waals surface area contributed by atoms with Gasteiger partial charge in [-0.1, -0.05) is 17.7 Å². The first kappa shape index (κ1) is 16.3. The van der Waals surface area contributed by atoms with Gasteiger partial charge in [0.05, 0.1) is 4.90 Å². The van der Waals surface area contributed by atoms with Gasteiger partial charge in [0.25, 0.3) is 15.9 Å². The highest BCUT2D eigenvalue weighted by molar-refractivity contribution is 7.89. The number of carbonyl (C=O) groups excluding carboxylic acids is 1. The van der Waals surface area contributed by atoms with Gasteiger partial charge >= 0.3 is 0 Å². The Kier molecular flexibility index (Phi) is 4.74. The number of amides is 1. The molecule has 2 aromatic rings. The number of hydrazine groups is 1. The second-order valence-electron chi connectivity index (χ2n) is 4.15. The summed E-state index contributed by atoms with van der Waals surface area (Å²) in [4.78, 5) is 13.0. The van der Waals surface area contributed by atoms with Crippen LogP contribution >= 0.6 is 11.6 Å². The molecule has 0 saturated heterocycles. The molecule has 0 radical (unpaired) electrons. The number of hydrogen-bond donors (Lipinski definition) is 2. The van der Waals surface area contributed by atoms with Crippen molar-refractivity contribution in [1.82, 2.24) is 10.3 Å². The Hall–Kier alpha value is -2.03. The number of halogens is 3. The van der Waals surface area contributed by atoms with Crippen LogP contribution in [-0.4, -0.2) is 14.3 Å². The smallest absolute Gasteiger partial charge is 0.266 e. The zero-order chi connectivity index (χ0) is 16.3. The molecule has 0 atom stereocenters. The number of nitrogens with one attached hydrogen (secondary N) is 2. The van der Waals surface area contributed by atoms with Crippen LogP contribution < -0.4 is 10.3 Å². The van der Waals surface area contributed by atoms with E-state index in [1.807, 2.05) is 5.43 Å². The first-order chi connectivity index (χ1) is 10.3. The lowest BCUT2D eigenvalue weighted by Crippen LogP contribution is -2.41. The minimum Gasteiger partial charge on any atom is -0.273 e. The van der Waals surface area contributed by atoms with Crippen LogP contribution in [0.2, 0.25) is 5.02 Å². The SMILES string of the molecule is O=C(NNS(=O)(=O)c1ccc(F)c(F)c1)c1cccc(Cl)c1. The Morgan fingerprint density at radius 3 is 2.41 bits per heavy atom. The summed E-state index contributed by atoms with van der Waals surface area (Å²) in [7, 11) is -4.23. The summed E-state index contributed by atoms with van der Waals surface area (Å²) in [5, 5.41) is 0.302. The molecule has 5 nitrogen and oxygen atoms in total. The van der Waals surface area contributed by atoms with E-state index in [2.05, 4.69) is 0 Å². The maximum absolute atomic E-state index is 13.0. The number of carbonyl (C=O) groups is 1. The lowest BCUT2D eigenvalue weighted by molar-refractivity contribution is 0.0945. The van der Waals surface area contributed by atoms with Crippen LogP contribution in [-0.2, 0) is 10.0 Å². The Morgan fingerprint density at radius 1 is 1.05 bits per heavy atom. The van der Waals surface area contributed by atoms with E-state index < -0.39 is 32.5 Å². The van der Waals surface area contributed by atoms with Gasteiger partial charge in [0.1, 0.15) is 0 Å². The minimum atomic E-state index is -4.23. The van der Waals surface area contributed by atoms with Crippen LogP contribution in [0.1, 0.15) is 10.4 Å². The second-order valence-corrected chi connectivity index (χ2v) is 6.26. The average Bonchev–Trinajstić information content (AvgIpc) is 2.47. The number of sulfonamides is 1. The fourth-order valence-corrected chi connectivity index (χ4v) is 2.56. The zero-order valence-corrected chi connectivity index (χ0v) is 12.4. The molecule has 2 N–H and O–H groups in total. The van der Waals surface area contributed by atoms with E-state index in [1.54, 1.807) is 10.9 Å². The lowest BCUT2D eigenvalue weighted by Gasteiger charge is -2.09. The molecule has 0 saturated carbocycles. The molecule has 0 aliphatic rings. The molecule has 1 amide bonds. The Balaban J connectivity index is 2.12. The van der Waals surface area contributed by atoms with Crippen molar-refractivity contribution < 1.29 is 22.0 Å². The summed E-state index contributed by atoms with van der Waals surface area (Å²) in [6.45, 7) is 0. The predicted octanol–water partition coefficient (Wildman–Crippen LogP) is 2.24. The average molecular weight is 347 g/mol. The third-order valence-corrected chi connectivity index (χ3v) is 4.07. The van der Waals surface area contributed by atoms with Crippen LogP contribution in [0.15, 0.2) is 47.4 Å². The summed E-state index contributed by atoms with van der Waals surface area (Å²) in [6.07, 6.45) is 0. The van der Waals surface area contributed by atoms with Gasteiger partial charge in [-0.3, -0.25) is 10.2 Å². The summed E-state index contributed by atoms with van der Waals surface area (Å²) >= 11 is 5.71. The molecule has 2 rings (SSSR count). The standard InChI is InChI=1S/C13H9ClF2N2O3S/c14-9-3-1-2-8(6-9)13(19)17-18-22(20,21)10-4-5-11(15)12(16)7-10/h1-7,18H,(H,17,19). The maximum Gasteiger partial charge on any atom is 0.266 e. The van der Waals surface area contributed by atoms with Gasteiger partial charge in [0, 0.05) is 10.6 Å². The van der Waals surface area contributed by atoms with Crippen molar-refractivity contribution in [2.45, 2.75) is 4.90 Å². The van der Waals surface area contributed by atoms with Gasteiger partial charge in [0.15, 0.2) is 11.6 Å². The lowest BCUT2D eigenvalue weighted by atomic mass is 10.2. The van der Waals surface area contributed by atoms with Gasteiger partial charge in [-0.05, 0) is 36.4 Å². The fourth-order valence-electron chi connectivity index (χ4n) is 1.52. The summed E-state index contributed by atoms with van der Waals surface area (Å²) in [6, 6.07) is 7.86. The predicted molar refractivity (Wildman–Crippen MR) is 75.6 cm³/mol. The van der Waals surface area contributed by atoms with Crippen molar-refractivity contribution in [2.75, 3.05) is 0 Å². The summed E-state index contributed by atoms with van der Waals surface area (Å²) in [5.74, 6) is -3.25. The van der Waals surface area contributed by atoms with Gasteiger partial charge in [-0.2, -0.15) is 0 Å². The maximum atomic E-state index is 13.0. The van der Waals surface area contributed by atoms with Crippen LogP contribution in [0.4, 0.5) is 8.78 Å². The summed E-state index contributed by atoms with van der Waals surface area (Å²) in [5.41, 5.74) is 2.07. The molecule has 0 spiro atoms. The highest BCUT2D eigenvalue weighted by Crippen LogP contribution is 2.13. The Labute approximate surface area is 129 Å². The van der Waals surface area contributed by atoms with E-state index in [1.165, 1.54) is 18.2 Å². The van der Waals surface area contributed by atoms with E-state index in [0.717, 1.165) is 6.07 Å². The van der Waals surface area contributed by atoms with Crippen molar-refractivity contribution >= 4 is 27.5 Å². The molecule has 0 aliphatic carbocycles. The molecule has 2 aromatic carbocycles. The van der Waals surface area contributed by atoms with Gasteiger partial charge in [-0.25, -0.2) is 17.2 Å². The van der Waals surface area contributed by atoms with Crippen LogP contribution in [0.25, 0.3) is 0 Å². The highest BCUT2D eigenvalue weighted by atomic mass is 35.5. The van der Waals surface area contributed by atoms with Crippen molar-refractivity contribution in [3.05, 3.63) is 64.7 Å². The van der Waals surface area contributed by atoms with Crippen LogP contribution in [0.5, 0.6) is 0 Å². The quantitative estimate of drug-likeness (QED) is 0.834. The van der Waals surface area contributed by atoms with Gasteiger partial charge in [-0.15, -0.1) is 4.83 Å². The van der Waals surface area contributed by atoms with Crippen LogP contribution in [0, 0.1) is 11.6 Å². The first-order valence-electron chi connectivity index (χ1n) is 5.82. The topological polar surface area (TPSA) is 75.3 Å². The number of rotatable bonds is 4. The highest BCUT2D eigenvalue weighted by Gasteiger charge is 2.17. The Bertz CT molecular complexity index is 828. The largest absolute Gasteiger partial charge is 0.273 e. The normalized spacial score (nSPS) is 11.2. The molecule has 0 fully saturated rings. The Morgan fingerprint density at radius 2 is 1.77 bits per heavy atom. The molecule has 9 heteroatoms. The number of benzene rings is 2.